The summed E-state index contributed by atoms with van der Waals surface area (Å²) < 4.78 is 0. The Morgan fingerprint density at radius 1 is 1.33 bits per heavy atom. The Bertz CT molecular complexity index is 396. The minimum Gasteiger partial charge on any atom is -0.325 e. The fourth-order valence-electron chi connectivity index (χ4n) is 1.16. The highest BCUT2D eigenvalue weighted by Crippen LogP contribution is 2.10. The summed E-state index contributed by atoms with van der Waals surface area (Å²) >= 11 is 0. The molecule has 2 heteroatoms. The van der Waals surface area contributed by atoms with Gasteiger partial charge in [-0.25, -0.2) is 0 Å². The van der Waals surface area contributed by atoms with Gasteiger partial charge in [-0.15, -0.1) is 0 Å². The van der Waals surface area contributed by atoms with Crippen LogP contribution >= 0.6 is 0 Å². The van der Waals surface area contributed by atoms with Crippen molar-refractivity contribution in [3.8, 4) is 0 Å². The van der Waals surface area contributed by atoms with Crippen LogP contribution in [0.25, 0.3) is 10.9 Å². The Balaban J connectivity index is 2.67. The molecule has 2 aromatic rings. The predicted octanol–water partition coefficient (Wildman–Crippen LogP) is 1.49. The number of nitrogens with zero attached hydrogens (tertiary/aromatic N) is 1. The third-order valence-corrected chi connectivity index (χ3v) is 1.80. The molecule has 0 atom stereocenters. The van der Waals surface area contributed by atoms with Crippen molar-refractivity contribution in [3.05, 3.63) is 42.1 Å². The molecular weight excluding hydrogens is 148 g/mol. The molecule has 0 saturated carbocycles. The van der Waals surface area contributed by atoms with Gasteiger partial charge in [0.05, 0.1) is 11.2 Å². The molecule has 12 heavy (non-hydrogen) atoms. The van der Waals surface area contributed by atoms with Crippen molar-refractivity contribution in [2.45, 2.75) is 6.54 Å². The van der Waals surface area contributed by atoms with Crippen molar-refractivity contribution < 1.29 is 0 Å². The summed E-state index contributed by atoms with van der Waals surface area (Å²) in [6.45, 7) is 0.495. The van der Waals surface area contributed by atoms with Gasteiger partial charge in [0.2, 0.25) is 0 Å². The standard InChI is InChI=1S/C10H9N2/c11-7-9-6-5-8-3-1-2-4-10(8)12-9/h2-6H,7,11H2. The van der Waals surface area contributed by atoms with Crippen molar-refractivity contribution >= 4 is 10.9 Å². The molecular formula is C10H9N2. The zero-order valence-electron chi connectivity index (χ0n) is 6.62. The quantitative estimate of drug-likeness (QED) is 0.681. The highest BCUT2D eigenvalue weighted by molar-refractivity contribution is 5.78. The monoisotopic (exact) mass is 157 g/mol. The van der Waals surface area contributed by atoms with Crippen LogP contribution in [0.1, 0.15) is 5.69 Å². The van der Waals surface area contributed by atoms with Gasteiger partial charge in [-0.3, -0.25) is 4.98 Å². The first-order valence-corrected chi connectivity index (χ1v) is 3.86. The second-order valence-electron chi connectivity index (χ2n) is 2.63. The zero-order valence-corrected chi connectivity index (χ0v) is 6.62. The smallest absolute Gasteiger partial charge is 0.0706 e. The second-order valence-corrected chi connectivity index (χ2v) is 2.63. The second kappa shape index (κ2) is 2.91. The van der Waals surface area contributed by atoms with Crippen molar-refractivity contribution in [2.75, 3.05) is 0 Å². The van der Waals surface area contributed by atoms with Crippen LogP contribution in [-0.2, 0) is 6.54 Å². The van der Waals surface area contributed by atoms with Gasteiger partial charge < -0.3 is 5.73 Å². The van der Waals surface area contributed by atoms with Crippen LogP contribution in [0.4, 0.5) is 0 Å². The Morgan fingerprint density at radius 3 is 3.08 bits per heavy atom. The topological polar surface area (TPSA) is 38.9 Å². The summed E-state index contributed by atoms with van der Waals surface area (Å²) in [6.07, 6.45) is 0. The van der Waals surface area contributed by atoms with E-state index in [0.29, 0.717) is 6.54 Å². The SMILES string of the molecule is NCc1ccc2c[c]ccc2n1. The predicted molar refractivity (Wildman–Crippen MR) is 48.5 cm³/mol. The molecule has 0 unspecified atom stereocenters. The van der Waals surface area contributed by atoms with E-state index in [4.69, 9.17) is 5.73 Å². The first-order valence-electron chi connectivity index (χ1n) is 3.86. The van der Waals surface area contributed by atoms with E-state index >= 15 is 0 Å². The van der Waals surface area contributed by atoms with Crippen LogP contribution in [0.5, 0.6) is 0 Å². The number of fused-ring (bicyclic) bond motifs is 1. The van der Waals surface area contributed by atoms with E-state index in [1.807, 2.05) is 30.3 Å². The Kier molecular flexibility index (Phi) is 1.76. The Labute approximate surface area is 71.0 Å². The molecule has 0 bridgehead atoms. The molecule has 59 valence electrons. The molecule has 1 aromatic carbocycles. The number of pyridine rings is 1. The average Bonchev–Trinajstić information content (AvgIpc) is 2.17. The largest absolute Gasteiger partial charge is 0.325 e. The maximum Gasteiger partial charge on any atom is 0.0706 e. The lowest BCUT2D eigenvalue weighted by atomic mass is 10.2. The molecule has 1 radical (unpaired) electrons. The van der Waals surface area contributed by atoms with Crippen molar-refractivity contribution in [2.24, 2.45) is 5.73 Å². The van der Waals surface area contributed by atoms with E-state index in [0.717, 1.165) is 16.6 Å². The van der Waals surface area contributed by atoms with E-state index < -0.39 is 0 Å². The lowest BCUT2D eigenvalue weighted by molar-refractivity contribution is 1.01. The van der Waals surface area contributed by atoms with E-state index in [9.17, 15) is 0 Å². The molecule has 0 spiro atoms. The van der Waals surface area contributed by atoms with Gasteiger partial charge in [0.1, 0.15) is 0 Å². The zero-order chi connectivity index (χ0) is 8.39. The highest BCUT2D eigenvalue weighted by atomic mass is 14.7. The maximum absolute atomic E-state index is 5.47. The molecule has 2 nitrogen and oxygen atoms in total. The summed E-state index contributed by atoms with van der Waals surface area (Å²) in [4.78, 5) is 4.35. The molecule has 0 aliphatic carbocycles. The minimum absolute atomic E-state index is 0.495. The number of rotatable bonds is 1. The minimum atomic E-state index is 0.495. The third kappa shape index (κ3) is 1.17. The van der Waals surface area contributed by atoms with Crippen molar-refractivity contribution in [1.29, 1.82) is 0 Å². The fourth-order valence-corrected chi connectivity index (χ4v) is 1.16. The molecule has 2 rings (SSSR count). The lowest BCUT2D eigenvalue weighted by Crippen LogP contribution is -1.98. The van der Waals surface area contributed by atoms with Crippen LogP contribution in [0.2, 0.25) is 0 Å². The first-order chi connectivity index (χ1) is 5.90. The molecule has 2 N–H and O–H groups in total. The molecule has 1 aromatic heterocycles. The summed E-state index contributed by atoms with van der Waals surface area (Å²) in [6, 6.07) is 12.7. The van der Waals surface area contributed by atoms with Gasteiger partial charge in [-0.2, -0.15) is 0 Å². The van der Waals surface area contributed by atoms with Gasteiger partial charge in [-0.1, -0.05) is 12.1 Å². The molecule has 0 saturated heterocycles. The molecule has 1 heterocycles. The van der Waals surface area contributed by atoms with Crippen LogP contribution in [-0.4, -0.2) is 4.98 Å². The van der Waals surface area contributed by atoms with E-state index in [2.05, 4.69) is 11.1 Å². The van der Waals surface area contributed by atoms with E-state index in [1.54, 1.807) is 0 Å². The third-order valence-electron chi connectivity index (χ3n) is 1.80. The number of nitrogens with two attached hydrogens (primary N) is 1. The van der Waals surface area contributed by atoms with Crippen LogP contribution in [0, 0.1) is 6.07 Å². The van der Waals surface area contributed by atoms with Crippen LogP contribution in [0.15, 0.2) is 30.3 Å². The van der Waals surface area contributed by atoms with Gasteiger partial charge in [0.25, 0.3) is 0 Å². The van der Waals surface area contributed by atoms with Gasteiger partial charge in [-0.05, 0) is 24.3 Å². The number of hydrogen-bond acceptors (Lipinski definition) is 2. The van der Waals surface area contributed by atoms with Gasteiger partial charge in [0, 0.05) is 11.9 Å². The molecule has 0 amide bonds. The average molecular weight is 157 g/mol. The van der Waals surface area contributed by atoms with Crippen molar-refractivity contribution in [1.82, 2.24) is 4.98 Å². The van der Waals surface area contributed by atoms with E-state index in [-0.39, 0.29) is 0 Å². The van der Waals surface area contributed by atoms with Gasteiger partial charge in [0.15, 0.2) is 0 Å². The molecule has 0 aliphatic heterocycles. The summed E-state index contributed by atoms with van der Waals surface area (Å²) in [5.41, 5.74) is 7.38. The number of aromatic nitrogens is 1. The molecule has 0 fully saturated rings. The Hall–Kier alpha value is -1.41. The normalized spacial score (nSPS) is 10.4. The molecule has 0 aliphatic rings. The number of hydrogen-bond donors (Lipinski definition) is 1. The van der Waals surface area contributed by atoms with Crippen LogP contribution < -0.4 is 5.73 Å². The van der Waals surface area contributed by atoms with Gasteiger partial charge >= 0.3 is 0 Å². The van der Waals surface area contributed by atoms with Crippen molar-refractivity contribution in [3.63, 3.8) is 0 Å². The number of benzene rings is 1. The lowest BCUT2D eigenvalue weighted by Gasteiger charge is -1.98. The summed E-state index contributed by atoms with van der Waals surface area (Å²) in [5, 5.41) is 1.11. The van der Waals surface area contributed by atoms with Crippen LogP contribution in [0.3, 0.4) is 0 Å². The summed E-state index contributed by atoms with van der Waals surface area (Å²) in [7, 11) is 0. The first kappa shape index (κ1) is 7.25. The maximum atomic E-state index is 5.47. The Morgan fingerprint density at radius 2 is 2.25 bits per heavy atom. The van der Waals surface area contributed by atoms with E-state index in [1.165, 1.54) is 0 Å². The highest BCUT2D eigenvalue weighted by Gasteiger charge is 1.94. The fraction of sp³-hybridized carbons (Fsp3) is 0.100. The summed E-state index contributed by atoms with van der Waals surface area (Å²) in [5.74, 6) is 0.